The van der Waals surface area contributed by atoms with Crippen LogP contribution in [0.3, 0.4) is 0 Å². The molecule has 6 heteroatoms. The summed E-state index contributed by atoms with van der Waals surface area (Å²) in [4.78, 5) is 12.6. The van der Waals surface area contributed by atoms with Gasteiger partial charge in [0.2, 0.25) is 0 Å². The first-order valence-corrected chi connectivity index (χ1v) is 8.85. The predicted octanol–water partition coefficient (Wildman–Crippen LogP) is 5.10. The lowest BCUT2D eigenvalue weighted by molar-refractivity contribution is 0.102. The molecule has 1 aromatic heterocycles. The van der Waals surface area contributed by atoms with Crippen LogP contribution in [0.5, 0.6) is 0 Å². The van der Waals surface area contributed by atoms with Crippen molar-refractivity contribution in [2.45, 2.75) is 32.6 Å². The Bertz CT molecular complexity index is 1020. The maximum atomic E-state index is 13.5. The Kier molecular flexibility index (Phi) is 4.26. The number of aryl methyl sites for hydroxylation is 2. The van der Waals surface area contributed by atoms with E-state index < -0.39 is 17.5 Å². The molecule has 2 aromatic carbocycles. The number of halogens is 2. The first-order valence-electron chi connectivity index (χ1n) is 8.85. The van der Waals surface area contributed by atoms with Crippen LogP contribution in [0.4, 0.5) is 14.5 Å². The van der Waals surface area contributed by atoms with Gasteiger partial charge in [0.15, 0.2) is 0 Å². The van der Waals surface area contributed by atoms with Gasteiger partial charge in [-0.05, 0) is 44.4 Å². The number of amides is 1. The molecule has 4 nitrogen and oxygen atoms in total. The molecule has 1 aliphatic rings. The van der Waals surface area contributed by atoms with Gasteiger partial charge < -0.3 is 5.32 Å². The molecule has 138 valence electrons. The van der Waals surface area contributed by atoms with Crippen LogP contribution in [0.25, 0.3) is 11.3 Å². The van der Waals surface area contributed by atoms with Crippen molar-refractivity contribution in [3.8, 4) is 11.3 Å². The molecule has 4 rings (SSSR count). The zero-order chi connectivity index (χ0) is 19.1. The van der Waals surface area contributed by atoms with Gasteiger partial charge in [0.25, 0.3) is 5.91 Å². The Morgan fingerprint density at radius 1 is 1.11 bits per heavy atom. The summed E-state index contributed by atoms with van der Waals surface area (Å²) < 4.78 is 27.0. The molecule has 27 heavy (non-hydrogen) atoms. The fraction of sp³-hybridized carbons (Fsp3) is 0.238. The minimum Gasteiger partial charge on any atom is -0.319 e. The summed E-state index contributed by atoms with van der Waals surface area (Å²) >= 11 is 0. The summed E-state index contributed by atoms with van der Waals surface area (Å²) in [7, 11) is 0. The van der Waals surface area contributed by atoms with E-state index in [2.05, 4.69) is 15.5 Å². The van der Waals surface area contributed by atoms with Gasteiger partial charge in [0.1, 0.15) is 17.3 Å². The van der Waals surface area contributed by atoms with Gasteiger partial charge in [0.05, 0.1) is 11.4 Å². The number of hydrogen-bond acceptors (Lipinski definition) is 2. The third-order valence-electron chi connectivity index (χ3n) is 4.78. The third-order valence-corrected chi connectivity index (χ3v) is 4.78. The average molecular weight is 367 g/mol. The van der Waals surface area contributed by atoms with Crippen LogP contribution in [0, 0.1) is 25.5 Å². The fourth-order valence-electron chi connectivity index (χ4n) is 3.29. The number of hydrogen-bond donors (Lipinski definition) is 2. The second kappa shape index (κ2) is 6.61. The molecular weight excluding hydrogens is 348 g/mol. The summed E-state index contributed by atoms with van der Waals surface area (Å²) in [5, 5.41) is 10.3. The molecule has 0 saturated heterocycles. The number of H-pyrrole nitrogens is 1. The zero-order valence-corrected chi connectivity index (χ0v) is 15.1. The highest BCUT2D eigenvalue weighted by Crippen LogP contribution is 2.45. The minimum absolute atomic E-state index is 0.0676. The lowest BCUT2D eigenvalue weighted by Gasteiger charge is -2.11. The molecule has 1 heterocycles. The van der Waals surface area contributed by atoms with Crippen molar-refractivity contribution in [1.29, 1.82) is 0 Å². The molecule has 0 spiro atoms. The largest absolute Gasteiger partial charge is 0.319 e. The van der Waals surface area contributed by atoms with E-state index in [9.17, 15) is 13.6 Å². The number of aromatic amines is 1. The number of rotatable bonds is 4. The minimum atomic E-state index is -0.788. The Balaban J connectivity index is 1.75. The molecule has 0 bridgehead atoms. The predicted molar refractivity (Wildman–Crippen MR) is 99.8 cm³/mol. The van der Waals surface area contributed by atoms with Crippen molar-refractivity contribution >= 4 is 11.6 Å². The monoisotopic (exact) mass is 367 g/mol. The van der Waals surface area contributed by atoms with Crippen molar-refractivity contribution < 1.29 is 13.6 Å². The fourth-order valence-corrected chi connectivity index (χ4v) is 3.29. The summed E-state index contributed by atoms with van der Waals surface area (Å²) in [6, 6.07) is 8.79. The SMILES string of the molecule is Cc1ccc(-c2n[nH]c(C3CC3)c2NC(=O)c2cc(F)cc(F)c2)c(C)c1. The lowest BCUT2D eigenvalue weighted by atomic mass is 10.0. The molecule has 1 amide bonds. The van der Waals surface area contributed by atoms with Crippen LogP contribution in [-0.2, 0) is 0 Å². The van der Waals surface area contributed by atoms with E-state index in [1.54, 1.807) is 0 Å². The number of anilines is 1. The van der Waals surface area contributed by atoms with Gasteiger partial charge in [-0.25, -0.2) is 8.78 Å². The van der Waals surface area contributed by atoms with Crippen LogP contribution >= 0.6 is 0 Å². The smallest absolute Gasteiger partial charge is 0.255 e. The number of benzene rings is 2. The molecular formula is C21H19F2N3O. The average Bonchev–Trinajstić information content (AvgIpc) is 3.36. The number of aromatic nitrogens is 2. The van der Waals surface area contributed by atoms with Gasteiger partial charge >= 0.3 is 0 Å². The maximum Gasteiger partial charge on any atom is 0.255 e. The Morgan fingerprint density at radius 2 is 1.81 bits per heavy atom. The summed E-state index contributed by atoms with van der Waals surface area (Å²) in [5.74, 6) is -1.83. The van der Waals surface area contributed by atoms with Crippen LogP contribution in [0.2, 0.25) is 0 Å². The summed E-state index contributed by atoms with van der Waals surface area (Å²) in [6.07, 6.45) is 2.04. The second-order valence-corrected chi connectivity index (χ2v) is 7.07. The van der Waals surface area contributed by atoms with Gasteiger partial charge in [-0.1, -0.05) is 23.8 Å². The van der Waals surface area contributed by atoms with Gasteiger partial charge in [0, 0.05) is 23.1 Å². The first kappa shape index (κ1) is 17.4. The quantitative estimate of drug-likeness (QED) is 0.674. The van der Waals surface area contributed by atoms with Crippen molar-refractivity contribution in [2.75, 3.05) is 5.32 Å². The van der Waals surface area contributed by atoms with E-state index in [1.807, 2.05) is 32.0 Å². The van der Waals surface area contributed by atoms with E-state index in [1.165, 1.54) is 0 Å². The van der Waals surface area contributed by atoms with E-state index in [0.29, 0.717) is 17.3 Å². The highest BCUT2D eigenvalue weighted by Gasteiger charge is 2.31. The molecule has 1 aliphatic carbocycles. The van der Waals surface area contributed by atoms with Gasteiger partial charge in [-0.2, -0.15) is 5.10 Å². The Hall–Kier alpha value is -3.02. The maximum absolute atomic E-state index is 13.5. The van der Waals surface area contributed by atoms with E-state index in [-0.39, 0.29) is 5.56 Å². The van der Waals surface area contributed by atoms with Crippen molar-refractivity contribution in [3.05, 3.63) is 70.4 Å². The van der Waals surface area contributed by atoms with E-state index in [4.69, 9.17) is 0 Å². The van der Waals surface area contributed by atoms with E-state index in [0.717, 1.165) is 53.4 Å². The second-order valence-electron chi connectivity index (χ2n) is 7.07. The zero-order valence-electron chi connectivity index (χ0n) is 15.1. The number of nitrogens with one attached hydrogen (secondary N) is 2. The topological polar surface area (TPSA) is 57.8 Å². The highest BCUT2D eigenvalue weighted by atomic mass is 19.1. The van der Waals surface area contributed by atoms with Crippen molar-refractivity contribution in [3.63, 3.8) is 0 Å². The van der Waals surface area contributed by atoms with E-state index >= 15 is 0 Å². The summed E-state index contributed by atoms with van der Waals surface area (Å²) in [6.45, 7) is 4.00. The van der Waals surface area contributed by atoms with Gasteiger partial charge in [-0.3, -0.25) is 9.89 Å². The number of carbonyl (C=O) groups excluding carboxylic acids is 1. The number of carbonyl (C=O) groups is 1. The Morgan fingerprint density at radius 3 is 2.44 bits per heavy atom. The molecule has 1 fully saturated rings. The molecule has 0 radical (unpaired) electrons. The normalized spacial score (nSPS) is 13.6. The molecule has 0 atom stereocenters. The van der Waals surface area contributed by atoms with Crippen molar-refractivity contribution in [1.82, 2.24) is 10.2 Å². The molecule has 0 aliphatic heterocycles. The molecule has 0 unspecified atom stereocenters. The highest BCUT2D eigenvalue weighted by molar-refractivity contribution is 6.06. The molecule has 2 N–H and O–H groups in total. The van der Waals surface area contributed by atoms with Crippen LogP contribution < -0.4 is 5.32 Å². The Labute approximate surface area is 155 Å². The molecule has 3 aromatic rings. The first-order chi connectivity index (χ1) is 12.9. The van der Waals surface area contributed by atoms with Crippen LogP contribution in [-0.4, -0.2) is 16.1 Å². The molecule has 1 saturated carbocycles. The lowest BCUT2D eigenvalue weighted by Crippen LogP contribution is -2.14. The van der Waals surface area contributed by atoms with Gasteiger partial charge in [-0.15, -0.1) is 0 Å². The summed E-state index contributed by atoms with van der Waals surface area (Å²) in [5.41, 5.74) is 5.09. The van der Waals surface area contributed by atoms with Crippen LogP contribution in [0.1, 0.15) is 45.9 Å². The number of nitrogens with zero attached hydrogens (tertiary/aromatic N) is 1. The van der Waals surface area contributed by atoms with Crippen LogP contribution in [0.15, 0.2) is 36.4 Å². The van der Waals surface area contributed by atoms with Crippen molar-refractivity contribution in [2.24, 2.45) is 0 Å². The standard InChI is InChI=1S/C21H19F2N3O/c1-11-3-6-17(12(2)7-11)19-20(18(25-26-19)13-4-5-13)24-21(27)14-8-15(22)10-16(23)9-14/h3,6-10,13H,4-5H2,1-2H3,(H,24,27)(H,25,26). The third kappa shape index (κ3) is 3.47.